The second kappa shape index (κ2) is 6.33. The van der Waals surface area contributed by atoms with Gasteiger partial charge in [-0.25, -0.2) is 13.1 Å². The smallest absolute Gasteiger partial charge is 0.209 e. The largest absolute Gasteiger partial charge is 0.332 e. The molecule has 0 spiro atoms. The first-order valence-electron chi connectivity index (χ1n) is 9.50. The quantitative estimate of drug-likeness (QED) is 0.789. The number of hydrogen-bond donors (Lipinski definition) is 1. The highest BCUT2D eigenvalue weighted by Crippen LogP contribution is 2.47. The Bertz CT molecular complexity index is 728. The molecule has 2 aliphatic rings. The molecule has 1 fully saturated rings. The van der Waals surface area contributed by atoms with Gasteiger partial charge in [0.15, 0.2) is 0 Å². The van der Waals surface area contributed by atoms with Crippen LogP contribution in [0, 0.1) is 16.2 Å². The van der Waals surface area contributed by atoms with Crippen molar-refractivity contribution in [3.8, 4) is 0 Å². The first-order chi connectivity index (χ1) is 11.4. The van der Waals surface area contributed by atoms with Crippen LogP contribution in [0.1, 0.15) is 68.7 Å². The Morgan fingerprint density at radius 1 is 1.00 bits per heavy atom. The minimum Gasteiger partial charge on any atom is -0.332 e. The fourth-order valence-electron chi connectivity index (χ4n) is 4.05. The summed E-state index contributed by atoms with van der Waals surface area (Å²) in [6.07, 6.45) is 2.02. The summed E-state index contributed by atoms with van der Waals surface area (Å²) >= 11 is 0. The highest BCUT2D eigenvalue weighted by atomic mass is 32.2. The van der Waals surface area contributed by atoms with Gasteiger partial charge in [0.1, 0.15) is 5.84 Å². The molecule has 2 atom stereocenters. The standard InChI is InChI=1S/C20H37N3O2S/c1-18(2,3)14-15-13(22-26(10,24)25)11-12-23(15)17(20(7,8)9)21-16(14)19(4,5)6/h13,16,22H,11-12H2,1-10H3. The molecule has 5 nitrogen and oxygen atoms in total. The molecule has 0 bridgehead atoms. The van der Waals surface area contributed by atoms with Crippen molar-refractivity contribution >= 4 is 15.9 Å². The molecular formula is C20H37N3O2S. The molecular weight excluding hydrogens is 346 g/mol. The van der Waals surface area contributed by atoms with Crippen LogP contribution in [-0.2, 0) is 10.0 Å². The number of nitrogens with zero attached hydrogens (tertiary/aromatic N) is 2. The van der Waals surface area contributed by atoms with Gasteiger partial charge in [0.05, 0.1) is 18.3 Å². The van der Waals surface area contributed by atoms with Gasteiger partial charge < -0.3 is 4.90 Å². The van der Waals surface area contributed by atoms with Crippen molar-refractivity contribution in [2.24, 2.45) is 21.2 Å². The Labute approximate surface area is 160 Å². The molecule has 0 radical (unpaired) electrons. The highest BCUT2D eigenvalue weighted by molar-refractivity contribution is 7.88. The number of sulfonamides is 1. The number of fused-ring (bicyclic) bond motifs is 1. The predicted octanol–water partition coefficient (Wildman–Crippen LogP) is 3.78. The molecule has 0 aromatic heterocycles. The van der Waals surface area contributed by atoms with Gasteiger partial charge in [-0.2, -0.15) is 0 Å². The van der Waals surface area contributed by atoms with Crippen LogP contribution in [0.2, 0.25) is 0 Å². The van der Waals surface area contributed by atoms with E-state index in [1.165, 1.54) is 11.8 Å². The maximum absolute atomic E-state index is 12.0. The van der Waals surface area contributed by atoms with E-state index in [9.17, 15) is 8.42 Å². The number of aliphatic imine (C=N–C) groups is 1. The van der Waals surface area contributed by atoms with Crippen LogP contribution in [0.5, 0.6) is 0 Å². The molecule has 1 N–H and O–H groups in total. The second-order valence-corrected chi connectivity index (χ2v) is 12.7. The van der Waals surface area contributed by atoms with E-state index in [1.54, 1.807) is 0 Å². The van der Waals surface area contributed by atoms with E-state index in [-0.39, 0.29) is 28.3 Å². The first-order valence-corrected chi connectivity index (χ1v) is 11.4. The van der Waals surface area contributed by atoms with Crippen molar-refractivity contribution in [3.63, 3.8) is 0 Å². The van der Waals surface area contributed by atoms with Gasteiger partial charge in [-0.1, -0.05) is 62.3 Å². The monoisotopic (exact) mass is 383 g/mol. The molecule has 2 unspecified atom stereocenters. The van der Waals surface area contributed by atoms with Crippen LogP contribution in [0.3, 0.4) is 0 Å². The molecule has 2 heterocycles. The van der Waals surface area contributed by atoms with E-state index in [2.05, 4.69) is 71.9 Å². The van der Waals surface area contributed by atoms with Gasteiger partial charge in [0.2, 0.25) is 10.0 Å². The summed E-state index contributed by atoms with van der Waals surface area (Å²) in [5.41, 5.74) is 2.15. The summed E-state index contributed by atoms with van der Waals surface area (Å²) in [5.74, 6) is 1.07. The lowest BCUT2D eigenvalue weighted by molar-refractivity contribution is 0.283. The second-order valence-electron chi connectivity index (χ2n) is 10.9. The Morgan fingerprint density at radius 2 is 1.54 bits per heavy atom. The van der Waals surface area contributed by atoms with Crippen LogP contribution in [0.4, 0.5) is 0 Å². The van der Waals surface area contributed by atoms with E-state index >= 15 is 0 Å². The van der Waals surface area contributed by atoms with Gasteiger partial charge in [-0.05, 0) is 22.8 Å². The van der Waals surface area contributed by atoms with Gasteiger partial charge in [-0.15, -0.1) is 0 Å². The Balaban J connectivity index is 2.74. The lowest BCUT2D eigenvalue weighted by Crippen LogP contribution is -2.49. The van der Waals surface area contributed by atoms with Gasteiger partial charge in [0.25, 0.3) is 0 Å². The molecule has 0 aromatic carbocycles. The molecule has 2 rings (SSSR count). The summed E-state index contributed by atoms with van der Waals surface area (Å²) in [4.78, 5) is 7.54. The minimum absolute atomic E-state index is 0.0323. The summed E-state index contributed by atoms with van der Waals surface area (Å²) in [5, 5.41) is 0. The minimum atomic E-state index is -3.28. The maximum atomic E-state index is 12.0. The van der Waals surface area contributed by atoms with E-state index in [0.29, 0.717) is 0 Å². The molecule has 0 aromatic rings. The SMILES string of the molecule is CC(C)(C)C1=NC(C(C)(C)C)C(C(C)(C)C)=C2C(NS(C)(=O)=O)CCN12. The number of hydrogen-bond acceptors (Lipinski definition) is 4. The molecule has 0 aliphatic carbocycles. The average molecular weight is 384 g/mol. The summed E-state index contributed by atoms with van der Waals surface area (Å²) in [6.45, 7) is 20.6. The van der Waals surface area contributed by atoms with Crippen molar-refractivity contribution in [1.82, 2.24) is 9.62 Å². The van der Waals surface area contributed by atoms with Crippen LogP contribution in [0.25, 0.3) is 0 Å². The van der Waals surface area contributed by atoms with Crippen molar-refractivity contribution in [2.45, 2.75) is 80.8 Å². The predicted molar refractivity (Wildman–Crippen MR) is 110 cm³/mol. The van der Waals surface area contributed by atoms with Crippen LogP contribution >= 0.6 is 0 Å². The van der Waals surface area contributed by atoms with Gasteiger partial charge >= 0.3 is 0 Å². The van der Waals surface area contributed by atoms with Crippen molar-refractivity contribution in [1.29, 1.82) is 0 Å². The normalized spacial score (nSPS) is 25.5. The van der Waals surface area contributed by atoms with Crippen LogP contribution in [0.15, 0.2) is 16.3 Å². The van der Waals surface area contributed by atoms with E-state index in [4.69, 9.17) is 4.99 Å². The van der Waals surface area contributed by atoms with Crippen LogP contribution in [-0.4, -0.2) is 44.0 Å². The Kier molecular flexibility index (Phi) is 5.22. The number of rotatable bonds is 2. The lowest BCUT2D eigenvalue weighted by atomic mass is 9.70. The Morgan fingerprint density at radius 3 is 1.92 bits per heavy atom. The summed E-state index contributed by atoms with van der Waals surface area (Å²) in [6, 6.07) is -0.151. The highest BCUT2D eigenvalue weighted by Gasteiger charge is 2.47. The topological polar surface area (TPSA) is 61.8 Å². The molecule has 0 saturated carbocycles. The zero-order valence-electron chi connectivity index (χ0n) is 18.2. The number of nitrogens with one attached hydrogen (secondary N) is 1. The number of amidine groups is 1. The molecule has 0 amide bonds. The average Bonchev–Trinajstić information content (AvgIpc) is 2.75. The molecule has 150 valence electrons. The fraction of sp³-hybridized carbons (Fsp3) is 0.850. The van der Waals surface area contributed by atoms with E-state index in [1.807, 2.05) is 0 Å². The summed E-state index contributed by atoms with van der Waals surface area (Å²) < 4.78 is 26.9. The Hall–Kier alpha value is -0.880. The molecule has 6 heteroatoms. The van der Waals surface area contributed by atoms with Crippen LogP contribution < -0.4 is 4.72 Å². The molecule has 1 saturated heterocycles. The zero-order valence-corrected chi connectivity index (χ0v) is 19.0. The third-order valence-corrected chi connectivity index (χ3v) is 5.69. The molecule has 26 heavy (non-hydrogen) atoms. The zero-order chi connectivity index (χ0) is 20.3. The van der Waals surface area contributed by atoms with Crippen molar-refractivity contribution in [2.75, 3.05) is 12.8 Å². The van der Waals surface area contributed by atoms with E-state index in [0.717, 1.165) is 24.5 Å². The maximum Gasteiger partial charge on any atom is 0.209 e. The lowest BCUT2D eigenvalue weighted by Gasteiger charge is -2.46. The van der Waals surface area contributed by atoms with Crippen molar-refractivity contribution in [3.05, 3.63) is 11.3 Å². The summed E-state index contributed by atoms with van der Waals surface area (Å²) in [7, 11) is -3.28. The van der Waals surface area contributed by atoms with Gasteiger partial charge in [0, 0.05) is 17.7 Å². The molecule has 2 aliphatic heterocycles. The van der Waals surface area contributed by atoms with E-state index < -0.39 is 10.0 Å². The first kappa shape index (κ1) is 21.4. The van der Waals surface area contributed by atoms with Crippen molar-refractivity contribution < 1.29 is 8.42 Å². The fourth-order valence-corrected chi connectivity index (χ4v) is 4.79. The van der Waals surface area contributed by atoms with Gasteiger partial charge in [-0.3, -0.25) is 4.99 Å². The third-order valence-electron chi connectivity index (χ3n) is 4.97. The third kappa shape index (κ3) is 4.33.